The van der Waals surface area contributed by atoms with Crippen molar-refractivity contribution in [1.29, 1.82) is 0 Å². The van der Waals surface area contributed by atoms with Crippen LogP contribution in [0.2, 0.25) is 0 Å². The van der Waals surface area contributed by atoms with Crippen LogP contribution < -0.4 is 0 Å². The second kappa shape index (κ2) is 7.72. The summed E-state index contributed by atoms with van der Waals surface area (Å²) in [4.78, 5) is 29.9. The van der Waals surface area contributed by atoms with Crippen molar-refractivity contribution in [2.75, 3.05) is 6.54 Å². The first kappa shape index (κ1) is 22.0. The predicted molar refractivity (Wildman–Crippen MR) is 119 cm³/mol. The first-order valence-corrected chi connectivity index (χ1v) is 11.5. The molecule has 2 atom stereocenters. The maximum Gasteiger partial charge on any atom is 0.410 e. The van der Waals surface area contributed by atoms with Gasteiger partial charge in [0.15, 0.2) is 0 Å². The van der Waals surface area contributed by atoms with Crippen LogP contribution in [0, 0.1) is 5.41 Å². The molecule has 2 spiro atoms. The molecule has 0 bridgehead atoms. The van der Waals surface area contributed by atoms with E-state index in [0.717, 1.165) is 37.7 Å². The van der Waals surface area contributed by atoms with Crippen molar-refractivity contribution in [2.24, 2.45) is 5.41 Å². The van der Waals surface area contributed by atoms with Gasteiger partial charge in [-0.2, -0.15) is 0 Å². The normalized spacial score (nSPS) is 26.1. The Labute approximate surface area is 185 Å². The molecule has 1 aromatic carbocycles. The molecular formula is C25H36N2O4. The SMILES string of the molecule is CC(C)N(C(=O)OCc1ccccc1)C1CC12CCC1(CC1)N(C(=O)OC(C)(C)C)C2. The van der Waals surface area contributed by atoms with Gasteiger partial charge in [0, 0.05) is 29.6 Å². The van der Waals surface area contributed by atoms with E-state index in [2.05, 4.69) is 0 Å². The fourth-order valence-corrected chi connectivity index (χ4v) is 5.07. The fraction of sp³-hybridized carbons (Fsp3) is 0.680. The number of benzene rings is 1. The molecule has 31 heavy (non-hydrogen) atoms. The van der Waals surface area contributed by atoms with Gasteiger partial charge in [-0.3, -0.25) is 0 Å². The Bertz CT molecular complexity index is 828. The Balaban J connectivity index is 1.44. The summed E-state index contributed by atoms with van der Waals surface area (Å²) < 4.78 is 11.4. The van der Waals surface area contributed by atoms with E-state index < -0.39 is 5.60 Å². The van der Waals surface area contributed by atoms with E-state index in [4.69, 9.17) is 9.47 Å². The van der Waals surface area contributed by atoms with Gasteiger partial charge in [0.05, 0.1) is 0 Å². The van der Waals surface area contributed by atoms with E-state index in [1.54, 1.807) is 0 Å². The van der Waals surface area contributed by atoms with E-state index in [0.29, 0.717) is 6.54 Å². The lowest BCUT2D eigenvalue weighted by atomic mass is 9.87. The van der Waals surface area contributed by atoms with Gasteiger partial charge in [0.2, 0.25) is 0 Å². The summed E-state index contributed by atoms with van der Waals surface area (Å²) in [7, 11) is 0. The zero-order chi connectivity index (χ0) is 22.4. The van der Waals surface area contributed by atoms with Gasteiger partial charge in [0.1, 0.15) is 12.2 Å². The van der Waals surface area contributed by atoms with Gasteiger partial charge in [0.25, 0.3) is 0 Å². The number of likely N-dealkylation sites (tertiary alicyclic amines) is 1. The highest BCUT2D eigenvalue weighted by atomic mass is 16.6. The van der Waals surface area contributed by atoms with Crippen LogP contribution >= 0.6 is 0 Å². The first-order chi connectivity index (χ1) is 14.6. The zero-order valence-electron chi connectivity index (χ0n) is 19.5. The number of rotatable bonds is 4. The smallest absolute Gasteiger partial charge is 0.410 e. The minimum Gasteiger partial charge on any atom is -0.445 e. The van der Waals surface area contributed by atoms with E-state index in [9.17, 15) is 9.59 Å². The van der Waals surface area contributed by atoms with Crippen molar-refractivity contribution >= 4 is 12.2 Å². The minimum absolute atomic E-state index is 0.0167. The van der Waals surface area contributed by atoms with Crippen LogP contribution in [0.4, 0.5) is 9.59 Å². The first-order valence-electron chi connectivity index (χ1n) is 11.5. The summed E-state index contributed by atoms with van der Waals surface area (Å²) in [5, 5.41) is 0. The van der Waals surface area contributed by atoms with Crippen molar-refractivity contribution in [3.05, 3.63) is 35.9 Å². The molecule has 3 fully saturated rings. The van der Waals surface area contributed by atoms with Crippen LogP contribution in [0.5, 0.6) is 0 Å². The van der Waals surface area contributed by atoms with Gasteiger partial charge in [-0.25, -0.2) is 9.59 Å². The average Bonchev–Trinajstić information content (AvgIpc) is 3.59. The maximum absolute atomic E-state index is 13.0. The molecule has 0 N–H and O–H groups in total. The summed E-state index contributed by atoms with van der Waals surface area (Å²) >= 11 is 0. The number of hydrogen-bond acceptors (Lipinski definition) is 4. The molecule has 3 aliphatic rings. The molecule has 1 aromatic rings. The summed E-state index contributed by atoms with van der Waals surface area (Å²) in [6, 6.07) is 9.91. The molecule has 170 valence electrons. The Morgan fingerprint density at radius 1 is 1.13 bits per heavy atom. The Hall–Kier alpha value is -2.24. The van der Waals surface area contributed by atoms with E-state index in [1.807, 2.05) is 74.8 Å². The molecule has 0 aromatic heterocycles. The summed E-state index contributed by atoms with van der Waals surface area (Å²) in [6.45, 7) is 10.7. The lowest BCUT2D eigenvalue weighted by Gasteiger charge is -2.42. The molecule has 2 aliphatic carbocycles. The van der Waals surface area contributed by atoms with Gasteiger partial charge in [-0.1, -0.05) is 30.3 Å². The molecule has 1 aliphatic heterocycles. The molecule has 6 heteroatoms. The Morgan fingerprint density at radius 2 is 1.77 bits per heavy atom. The van der Waals surface area contributed by atoms with E-state index >= 15 is 0 Å². The second-order valence-electron chi connectivity index (χ2n) is 10.9. The minimum atomic E-state index is -0.508. The second-order valence-corrected chi connectivity index (χ2v) is 10.9. The molecule has 1 saturated heterocycles. The quantitative estimate of drug-likeness (QED) is 0.648. The standard InChI is InChI=1S/C25H36N2O4/c1-18(2)27(22(29)30-16-19-9-7-6-8-10-19)20-15-24(20)11-12-25(13-14-25)26(17-24)21(28)31-23(3,4)5/h6-10,18,20H,11-17H2,1-5H3. The lowest BCUT2D eigenvalue weighted by molar-refractivity contribution is -0.00852. The van der Waals surface area contributed by atoms with Crippen LogP contribution in [-0.2, 0) is 16.1 Å². The van der Waals surface area contributed by atoms with Gasteiger partial charge >= 0.3 is 12.2 Å². The fourth-order valence-electron chi connectivity index (χ4n) is 5.07. The third-order valence-corrected chi connectivity index (χ3v) is 7.03. The Kier molecular flexibility index (Phi) is 5.47. The number of carbonyl (C=O) groups excluding carboxylic acids is 2. The van der Waals surface area contributed by atoms with Gasteiger partial charge < -0.3 is 19.3 Å². The topological polar surface area (TPSA) is 59.1 Å². The van der Waals surface area contributed by atoms with Crippen LogP contribution in [0.3, 0.4) is 0 Å². The van der Waals surface area contributed by atoms with E-state index in [-0.39, 0.29) is 41.8 Å². The van der Waals surface area contributed by atoms with Crippen LogP contribution in [0.1, 0.15) is 72.3 Å². The lowest BCUT2D eigenvalue weighted by Crippen LogP contribution is -2.53. The highest BCUT2D eigenvalue weighted by Gasteiger charge is 2.66. The third-order valence-electron chi connectivity index (χ3n) is 7.03. The molecule has 0 radical (unpaired) electrons. The number of nitrogens with zero attached hydrogens (tertiary/aromatic N) is 2. The molecule has 2 saturated carbocycles. The maximum atomic E-state index is 13.0. The van der Waals surface area contributed by atoms with Crippen LogP contribution in [-0.4, -0.2) is 51.8 Å². The monoisotopic (exact) mass is 428 g/mol. The van der Waals surface area contributed by atoms with Crippen molar-refractivity contribution in [2.45, 2.75) is 96.6 Å². The van der Waals surface area contributed by atoms with Gasteiger partial charge in [-0.05, 0) is 72.3 Å². The van der Waals surface area contributed by atoms with Crippen molar-refractivity contribution in [3.8, 4) is 0 Å². The van der Waals surface area contributed by atoms with Crippen LogP contribution in [0.25, 0.3) is 0 Å². The average molecular weight is 429 g/mol. The Morgan fingerprint density at radius 3 is 2.35 bits per heavy atom. The molecule has 1 heterocycles. The molecule has 6 nitrogen and oxygen atoms in total. The number of hydrogen-bond donors (Lipinski definition) is 0. The number of carbonyl (C=O) groups is 2. The van der Waals surface area contributed by atoms with Crippen molar-refractivity contribution in [1.82, 2.24) is 9.80 Å². The summed E-state index contributed by atoms with van der Waals surface area (Å²) in [5.41, 5.74) is 0.415. The predicted octanol–water partition coefficient (Wildman–Crippen LogP) is 5.36. The van der Waals surface area contributed by atoms with Crippen molar-refractivity contribution < 1.29 is 19.1 Å². The number of piperidine rings is 1. The largest absolute Gasteiger partial charge is 0.445 e. The van der Waals surface area contributed by atoms with E-state index in [1.165, 1.54) is 0 Å². The highest BCUT2D eigenvalue weighted by Crippen LogP contribution is 2.62. The number of ether oxygens (including phenoxy) is 2. The third kappa shape index (κ3) is 4.53. The molecule has 4 rings (SSSR count). The zero-order valence-corrected chi connectivity index (χ0v) is 19.5. The summed E-state index contributed by atoms with van der Waals surface area (Å²) in [6.07, 6.45) is 4.59. The highest BCUT2D eigenvalue weighted by molar-refractivity contribution is 5.71. The van der Waals surface area contributed by atoms with Crippen LogP contribution in [0.15, 0.2) is 30.3 Å². The molecule has 2 unspecified atom stereocenters. The number of amides is 2. The van der Waals surface area contributed by atoms with Crippen molar-refractivity contribution in [3.63, 3.8) is 0 Å². The van der Waals surface area contributed by atoms with Gasteiger partial charge in [-0.15, -0.1) is 0 Å². The molecule has 2 amide bonds. The molecular weight excluding hydrogens is 392 g/mol. The summed E-state index contributed by atoms with van der Waals surface area (Å²) in [5.74, 6) is 0.